The normalized spacial score (nSPS) is 11.9. The van der Waals surface area contributed by atoms with Crippen molar-refractivity contribution in [2.75, 3.05) is 0 Å². The smallest absolute Gasteiger partial charge is 0.339 e. The molecule has 0 amide bonds. The predicted octanol–water partition coefficient (Wildman–Crippen LogP) is 5.49. The van der Waals surface area contributed by atoms with Crippen LogP contribution in [0, 0.1) is 6.92 Å². The maximum absolute atomic E-state index is 12.8. The number of carbonyl (C=O) groups is 1. The summed E-state index contributed by atoms with van der Waals surface area (Å²) in [6.07, 6.45) is 1.18. The van der Waals surface area contributed by atoms with Gasteiger partial charge in [-0.05, 0) is 36.1 Å². The first kappa shape index (κ1) is 17.0. The third-order valence-electron chi connectivity index (χ3n) is 4.57. The first-order valence-electron chi connectivity index (χ1n) is 8.88. The summed E-state index contributed by atoms with van der Waals surface area (Å²) in [6.45, 7) is 2.03. The second kappa shape index (κ2) is 7.42. The van der Waals surface area contributed by atoms with E-state index >= 15 is 0 Å². The van der Waals surface area contributed by atoms with Crippen LogP contribution in [0.25, 0.3) is 10.8 Å². The molecular weight excluding hydrogens is 334 g/mol. The van der Waals surface area contributed by atoms with Gasteiger partial charge in [0.25, 0.3) is 0 Å². The molecule has 1 aromatic heterocycles. The predicted molar refractivity (Wildman–Crippen MR) is 107 cm³/mol. The summed E-state index contributed by atoms with van der Waals surface area (Å²) < 4.78 is 5.96. The summed E-state index contributed by atoms with van der Waals surface area (Å²) in [7, 11) is 0. The van der Waals surface area contributed by atoms with E-state index in [0.29, 0.717) is 5.56 Å². The molecule has 0 saturated carbocycles. The number of esters is 1. The van der Waals surface area contributed by atoms with Gasteiger partial charge in [-0.15, -0.1) is 0 Å². The van der Waals surface area contributed by atoms with Crippen LogP contribution in [0.1, 0.15) is 33.3 Å². The summed E-state index contributed by atoms with van der Waals surface area (Å²) >= 11 is 0. The minimum absolute atomic E-state index is 0.365. The van der Waals surface area contributed by atoms with Crippen LogP contribution in [0.4, 0.5) is 0 Å². The van der Waals surface area contributed by atoms with Crippen LogP contribution in [0.3, 0.4) is 0 Å². The van der Waals surface area contributed by atoms with E-state index < -0.39 is 6.10 Å². The van der Waals surface area contributed by atoms with Gasteiger partial charge in [0, 0.05) is 11.6 Å². The number of benzene rings is 3. The molecule has 0 aliphatic heterocycles. The van der Waals surface area contributed by atoms with E-state index in [1.807, 2.05) is 79.7 Å². The van der Waals surface area contributed by atoms with Crippen molar-refractivity contribution in [3.8, 4) is 0 Å². The summed E-state index contributed by atoms with van der Waals surface area (Å²) in [6, 6.07) is 27.0. The number of hydrogen-bond donors (Lipinski definition) is 0. The van der Waals surface area contributed by atoms with Crippen LogP contribution >= 0.6 is 0 Å². The summed E-state index contributed by atoms with van der Waals surface area (Å²) in [5, 5.41) is 2.04. The molecule has 3 aromatic carbocycles. The van der Waals surface area contributed by atoms with Crippen LogP contribution in [0.15, 0.2) is 91.1 Å². The molecule has 0 unspecified atom stereocenters. The average molecular weight is 353 g/mol. The average Bonchev–Trinajstić information content (AvgIpc) is 2.73. The quantitative estimate of drug-likeness (QED) is 0.455. The molecule has 0 aliphatic carbocycles. The zero-order valence-corrected chi connectivity index (χ0v) is 15.0. The Morgan fingerprint density at radius 1 is 0.852 bits per heavy atom. The molecule has 4 rings (SSSR count). The first-order valence-corrected chi connectivity index (χ1v) is 8.88. The minimum atomic E-state index is -0.579. The van der Waals surface area contributed by atoms with Gasteiger partial charge in [0.05, 0.1) is 11.3 Å². The standard InChI is InChI=1S/C24H19NO2/c1-17-11-13-19(14-12-17)23(27-24(26)20-8-3-2-4-9-20)22-21-10-6-5-7-18(21)15-16-25-22/h2-16,23H,1H3/t23-/m1/s1. The molecule has 3 nitrogen and oxygen atoms in total. The molecule has 0 fully saturated rings. The third kappa shape index (κ3) is 3.58. The number of fused-ring (bicyclic) bond motifs is 1. The number of carbonyl (C=O) groups excluding carboxylic acids is 1. The van der Waals surface area contributed by atoms with Crippen LogP contribution in [-0.2, 0) is 4.74 Å². The van der Waals surface area contributed by atoms with E-state index in [4.69, 9.17) is 4.74 Å². The van der Waals surface area contributed by atoms with Crippen molar-refractivity contribution in [3.05, 3.63) is 114 Å². The fraction of sp³-hybridized carbons (Fsp3) is 0.0833. The number of aromatic nitrogens is 1. The fourth-order valence-corrected chi connectivity index (χ4v) is 3.12. The van der Waals surface area contributed by atoms with E-state index in [9.17, 15) is 4.79 Å². The number of ether oxygens (including phenoxy) is 1. The molecule has 132 valence electrons. The van der Waals surface area contributed by atoms with Crippen LogP contribution in [0.2, 0.25) is 0 Å². The summed E-state index contributed by atoms with van der Waals surface area (Å²) in [5.41, 5.74) is 3.31. The van der Waals surface area contributed by atoms with Gasteiger partial charge < -0.3 is 4.74 Å². The highest BCUT2D eigenvalue weighted by Gasteiger charge is 2.23. The van der Waals surface area contributed by atoms with E-state index in [2.05, 4.69) is 4.98 Å². The lowest BCUT2D eigenvalue weighted by Gasteiger charge is -2.20. The Balaban J connectivity index is 1.80. The Labute approximate surface area is 158 Å². The van der Waals surface area contributed by atoms with Gasteiger partial charge in [-0.25, -0.2) is 4.79 Å². The van der Waals surface area contributed by atoms with E-state index in [1.165, 1.54) is 0 Å². The third-order valence-corrected chi connectivity index (χ3v) is 4.57. The molecule has 4 aromatic rings. The largest absolute Gasteiger partial charge is 0.447 e. The molecule has 0 spiro atoms. The van der Waals surface area contributed by atoms with Crippen LogP contribution in [-0.4, -0.2) is 11.0 Å². The number of aryl methyl sites for hydroxylation is 1. The molecule has 27 heavy (non-hydrogen) atoms. The molecule has 0 bridgehead atoms. The maximum atomic E-state index is 12.8. The molecule has 1 heterocycles. The van der Waals surface area contributed by atoms with Gasteiger partial charge >= 0.3 is 5.97 Å². The molecule has 3 heteroatoms. The van der Waals surface area contributed by atoms with Gasteiger partial charge in [0.1, 0.15) is 0 Å². The van der Waals surface area contributed by atoms with E-state index in [1.54, 1.807) is 18.3 Å². The Bertz CT molecular complexity index is 1070. The molecule has 0 saturated heterocycles. The van der Waals surface area contributed by atoms with Crippen molar-refractivity contribution in [2.24, 2.45) is 0 Å². The van der Waals surface area contributed by atoms with E-state index in [-0.39, 0.29) is 5.97 Å². The highest BCUT2D eigenvalue weighted by molar-refractivity contribution is 5.90. The zero-order valence-electron chi connectivity index (χ0n) is 15.0. The van der Waals surface area contributed by atoms with Crippen molar-refractivity contribution in [3.63, 3.8) is 0 Å². The SMILES string of the molecule is Cc1ccc([C@@H](OC(=O)c2ccccc2)c2nccc3ccccc23)cc1. The van der Waals surface area contributed by atoms with E-state index in [0.717, 1.165) is 27.6 Å². The molecule has 0 aliphatic rings. The van der Waals surface area contributed by atoms with Gasteiger partial charge in [0.2, 0.25) is 0 Å². The Morgan fingerprint density at radius 3 is 2.33 bits per heavy atom. The number of hydrogen-bond acceptors (Lipinski definition) is 3. The van der Waals surface area contributed by atoms with Gasteiger partial charge in [-0.3, -0.25) is 4.98 Å². The second-order valence-electron chi connectivity index (χ2n) is 6.48. The second-order valence-corrected chi connectivity index (χ2v) is 6.48. The zero-order chi connectivity index (χ0) is 18.6. The molecular formula is C24H19NO2. The maximum Gasteiger partial charge on any atom is 0.339 e. The fourth-order valence-electron chi connectivity index (χ4n) is 3.12. The summed E-state index contributed by atoms with van der Waals surface area (Å²) in [5.74, 6) is -0.365. The van der Waals surface area contributed by atoms with Crippen molar-refractivity contribution in [1.82, 2.24) is 4.98 Å². The Morgan fingerprint density at radius 2 is 1.56 bits per heavy atom. The van der Waals surface area contributed by atoms with Gasteiger partial charge in [-0.2, -0.15) is 0 Å². The van der Waals surface area contributed by atoms with Gasteiger partial charge in [-0.1, -0.05) is 72.3 Å². The van der Waals surface area contributed by atoms with Crippen LogP contribution < -0.4 is 0 Å². The lowest BCUT2D eigenvalue weighted by atomic mass is 10.00. The molecule has 0 radical (unpaired) electrons. The lowest BCUT2D eigenvalue weighted by molar-refractivity contribution is 0.0373. The number of pyridine rings is 1. The van der Waals surface area contributed by atoms with Gasteiger partial charge in [0.15, 0.2) is 6.10 Å². The Kier molecular flexibility index (Phi) is 4.67. The molecule has 0 N–H and O–H groups in total. The molecule has 1 atom stereocenters. The minimum Gasteiger partial charge on any atom is -0.447 e. The first-order chi connectivity index (χ1) is 13.2. The topological polar surface area (TPSA) is 39.2 Å². The highest BCUT2D eigenvalue weighted by Crippen LogP contribution is 2.31. The van der Waals surface area contributed by atoms with Crippen LogP contribution in [0.5, 0.6) is 0 Å². The summed E-state index contributed by atoms with van der Waals surface area (Å²) in [4.78, 5) is 17.3. The van der Waals surface area contributed by atoms with Crippen molar-refractivity contribution >= 4 is 16.7 Å². The monoisotopic (exact) mass is 353 g/mol. The number of rotatable bonds is 4. The van der Waals surface area contributed by atoms with Crippen molar-refractivity contribution in [1.29, 1.82) is 0 Å². The number of nitrogens with zero attached hydrogens (tertiary/aromatic N) is 1. The lowest BCUT2D eigenvalue weighted by Crippen LogP contribution is -2.14. The van der Waals surface area contributed by atoms with Crippen molar-refractivity contribution < 1.29 is 9.53 Å². The van der Waals surface area contributed by atoms with Crippen molar-refractivity contribution in [2.45, 2.75) is 13.0 Å². The Hall–Kier alpha value is -3.46. The highest BCUT2D eigenvalue weighted by atomic mass is 16.5.